The summed E-state index contributed by atoms with van der Waals surface area (Å²) in [5.41, 5.74) is 3.72. The lowest BCUT2D eigenvalue weighted by molar-refractivity contribution is -0.118. The number of nitrogens with zero attached hydrogens (tertiary/aromatic N) is 3. The monoisotopic (exact) mass is 441 g/mol. The molecule has 0 spiro atoms. The molecule has 0 radical (unpaired) electrons. The normalized spacial score (nSPS) is 10.7. The summed E-state index contributed by atoms with van der Waals surface area (Å²) in [4.78, 5) is 34.2. The van der Waals surface area contributed by atoms with Crippen molar-refractivity contribution in [3.8, 4) is 11.1 Å². The van der Waals surface area contributed by atoms with Crippen LogP contribution in [0.2, 0.25) is 10.2 Å². The molecule has 3 rings (SSSR count). The van der Waals surface area contributed by atoms with Crippen molar-refractivity contribution in [1.29, 1.82) is 0 Å². The quantitative estimate of drug-likeness (QED) is 0.351. The molecule has 30 heavy (non-hydrogen) atoms. The molecule has 0 saturated carbocycles. The number of carbonyl (C=O) groups is 2. The third-order valence-corrected chi connectivity index (χ3v) is 5.32. The molecule has 7 heteroatoms. The van der Waals surface area contributed by atoms with E-state index in [1.54, 1.807) is 42.5 Å². The zero-order chi connectivity index (χ0) is 21.7. The van der Waals surface area contributed by atoms with Gasteiger partial charge in [0.05, 0.1) is 10.7 Å². The highest BCUT2D eigenvalue weighted by Crippen LogP contribution is 2.31. The van der Waals surface area contributed by atoms with Crippen molar-refractivity contribution >= 4 is 40.6 Å². The van der Waals surface area contributed by atoms with Crippen LogP contribution in [0.25, 0.3) is 11.1 Å². The van der Waals surface area contributed by atoms with E-state index in [1.165, 1.54) is 0 Å². The largest absolute Gasteiger partial charge is 0.314 e. The Labute approximate surface area is 185 Å². The highest BCUT2D eigenvalue weighted by Gasteiger charge is 2.14. The molecule has 154 valence electrons. The summed E-state index contributed by atoms with van der Waals surface area (Å²) in [5, 5.41) is 0.910. The Kier molecular flexibility index (Phi) is 7.19. The predicted octanol–water partition coefficient (Wildman–Crippen LogP) is 5.64. The van der Waals surface area contributed by atoms with E-state index in [0.717, 1.165) is 16.7 Å². The Hall–Kier alpha value is -2.76. The summed E-state index contributed by atoms with van der Waals surface area (Å²) >= 11 is 12.2. The molecule has 0 aliphatic carbocycles. The molecule has 0 atom stereocenters. The molecule has 5 nitrogen and oxygen atoms in total. The number of Topliss-reactive ketones (excluding diaryl/α,β-unsaturated/α-hetero) is 1. The van der Waals surface area contributed by atoms with Crippen LogP contribution in [-0.4, -0.2) is 28.7 Å². The fourth-order valence-corrected chi connectivity index (χ4v) is 3.42. The highest BCUT2D eigenvalue weighted by atomic mass is 35.5. The lowest BCUT2D eigenvalue weighted by atomic mass is 10.0. The van der Waals surface area contributed by atoms with E-state index in [-0.39, 0.29) is 11.7 Å². The van der Waals surface area contributed by atoms with E-state index in [1.807, 2.05) is 31.2 Å². The topological polar surface area (TPSA) is 63.2 Å². The Morgan fingerprint density at radius 3 is 2.33 bits per heavy atom. The van der Waals surface area contributed by atoms with Gasteiger partial charge in [0, 0.05) is 37.8 Å². The maximum atomic E-state index is 12.4. The number of anilines is 1. The van der Waals surface area contributed by atoms with Crippen LogP contribution in [0.3, 0.4) is 0 Å². The average Bonchev–Trinajstić information content (AvgIpc) is 2.77. The molecule has 0 fully saturated rings. The summed E-state index contributed by atoms with van der Waals surface area (Å²) in [5.74, 6) is -0.0480. The van der Waals surface area contributed by atoms with Crippen molar-refractivity contribution in [3.63, 3.8) is 0 Å². The summed E-state index contributed by atoms with van der Waals surface area (Å²) in [6, 6.07) is 12.6. The van der Waals surface area contributed by atoms with Crippen LogP contribution in [0.15, 0.2) is 54.9 Å². The van der Waals surface area contributed by atoms with Crippen LogP contribution < -0.4 is 4.90 Å². The third-order valence-electron chi connectivity index (χ3n) is 4.80. The number of rotatable bonds is 7. The van der Waals surface area contributed by atoms with Gasteiger partial charge in [-0.15, -0.1) is 0 Å². The number of carbonyl (C=O) groups excluding carboxylic acids is 2. The van der Waals surface area contributed by atoms with Crippen molar-refractivity contribution in [2.75, 3.05) is 11.9 Å². The number of benzene rings is 1. The first-order valence-electron chi connectivity index (χ1n) is 9.55. The van der Waals surface area contributed by atoms with E-state index in [2.05, 4.69) is 9.97 Å². The van der Waals surface area contributed by atoms with Crippen LogP contribution in [0.5, 0.6) is 0 Å². The fourth-order valence-electron chi connectivity index (χ4n) is 3.00. The van der Waals surface area contributed by atoms with Gasteiger partial charge >= 0.3 is 0 Å². The molecule has 3 aromatic rings. The molecular weight excluding hydrogens is 421 g/mol. The summed E-state index contributed by atoms with van der Waals surface area (Å²) in [6.07, 6.45) is 4.65. The smallest absolute Gasteiger partial charge is 0.226 e. The zero-order valence-corrected chi connectivity index (χ0v) is 18.2. The number of halogens is 2. The van der Waals surface area contributed by atoms with Crippen molar-refractivity contribution in [1.82, 2.24) is 9.97 Å². The fraction of sp³-hybridized carbons (Fsp3) is 0.217. The number of aryl methyl sites for hydroxylation is 1. The van der Waals surface area contributed by atoms with Gasteiger partial charge in [0.2, 0.25) is 5.91 Å². The zero-order valence-electron chi connectivity index (χ0n) is 16.7. The standard InChI is InChI=1S/C23H21Cl2N3O2/c1-3-23(30)28(2)20-9-7-16(12-18(20)24)17-6-8-19(26-14-17)21(29)10-4-15-5-11-22(25)27-13-15/h5-9,11-14H,3-4,10H2,1-2H3. The van der Waals surface area contributed by atoms with Crippen molar-refractivity contribution in [2.45, 2.75) is 26.2 Å². The van der Waals surface area contributed by atoms with Crippen molar-refractivity contribution < 1.29 is 9.59 Å². The lowest BCUT2D eigenvalue weighted by Gasteiger charge is -2.18. The minimum absolute atomic E-state index is 0.0106. The Bertz CT molecular complexity index is 1050. The van der Waals surface area contributed by atoms with E-state index in [9.17, 15) is 9.59 Å². The number of hydrogen-bond donors (Lipinski definition) is 0. The Morgan fingerprint density at radius 2 is 1.73 bits per heavy atom. The van der Waals surface area contributed by atoms with Crippen LogP contribution in [0.4, 0.5) is 5.69 Å². The Balaban J connectivity index is 1.69. The summed E-state index contributed by atoms with van der Waals surface area (Å²) in [7, 11) is 1.70. The van der Waals surface area contributed by atoms with E-state index >= 15 is 0 Å². The van der Waals surface area contributed by atoms with E-state index < -0.39 is 0 Å². The molecule has 0 aliphatic rings. The van der Waals surface area contributed by atoms with Crippen LogP contribution in [-0.2, 0) is 11.2 Å². The highest BCUT2D eigenvalue weighted by molar-refractivity contribution is 6.34. The molecule has 0 saturated heterocycles. The summed E-state index contributed by atoms with van der Waals surface area (Å²) < 4.78 is 0. The second-order valence-electron chi connectivity index (χ2n) is 6.82. The van der Waals surface area contributed by atoms with Gasteiger partial charge in [0.15, 0.2) is 5.78 Å². The number of ketones is 1. The molecule has 2 heterocycles. The maximum Gasteiger partial charge on any atom is 0.226 e. The maximum absolute atomic E-state index is 12.4. The van der Waals surface area contributed by atoms with Gasteiger partial charge in [-0.1, -0.05) is 48.3 Å². The van der Waals surface area contributed by atoms with Gasteiger partial charge < -0.3 is 4.90 Å². The SMILES string of the molecule is CCC(=O)N(C)c1ccc(-c2ccc(C(=O)CCc3ccc(Cl)nc3)nc2)cc1Cl. The molecule has 0 unspecified atom stereocenters. The third kappa shape index (κ3) is 5.23. The second kappa shape index (κ2) is 9.83. The minimum atomic E-state index is -0.0374. The first-order valence-corrected chi connectivity index (χ1v) is 10.3. The van der Waals surface area contributed by atoms with Gasteiger partial charge in [0.25, 0.3) is 0 Å². The molecular formula is C23H21Cl2N3O2. The van der Waals surface area contributed by atoms with E-state index in [0.29, 0.717) is 40.8 Å². The molecule has 0 bridgehead atoms. The molecule has 0 N–H and O–H groups in total. The number of aromatic nitrogens is 2. The lowest BCUT2D eigenvalue weighted by Crippen LogP contribution is -2.25. The molecule has 2 aromatic heterocycles. The average molecular weight is 442 g/mol. The van der Waals surface area contributed by atoms with Gasteiger partial charge in [0.1, 0.15) is 10.8 Å². The van der Waals surface area contributed by atoms with Crippen molar-refractivity contribution in [3.05, 3.63) is 76.3 Å². The van der Waals surface area contributed by atoms with Crippen molar-refractivity contribution in [2.24, 2.45) is 0 Å². The van der Waals surface area contributed by atoms with Gasteiger partial charge in [-0.2, -0.15) is 0 Å². The number of amides is 1. The minimum Gasteiger partial charge on any atom is -0.314 e. The second-order valence-corrected chi connectivity index (χ2v) is 7.61. The number of pyridine rings is 2. The first kappa shape index (κ1) is 21.9. The van der Waals surface area contributed by atoms with E-state index in [4.69, 9.17) is 23.2 Å². The predicted molar refractivity (Wildman–Crippen MR) is 120 cm³/mol. The van der Waals surface area contributed by atoms with Crippen LogP contribution >= 0.6 is 23.2 Å². The van der Waals surface area contributed by atoms with Gasteiger partial charge in [-0.05, 0) is 41.8 Å². The number of hydrogen-bond acceptors (Lipinski definition) is 4. The molecule has 1 amide bonds. The van der Waals surface area contributed by atoms with Gasteiger partial charge in [-0.25, -0.2) is 4.98 Å². The molecule has 0 aliphatic heterocycles. The van der Waals surface area contributed by atoms with Crippen LogP contribution in [0, 0.1) is 0 Å². The first-order chi connectivity index (χ1) is 14.4. The molecule has 1 aromatic carbocycles. The van der Waals surface area contributed by atoms with Gasteiger partial charge in [-0.3, -0.25) is 14.6 Å². The Morgan fingerprint density at radius 1 is 0.967 bits per heavy atom. The summed E-state index contributed by atoms with van der Waals surface area (Å²) in [6.45, 7) is 1.81. The van der Waals surface area contributed by atoms with Crippen LogP contribution in [0.1, 0.15) is 35.8 Å².